The van der Waals surface area contributed by atoms with Crippen LogP contribution in [0.25, 0.3) is 0 Å². The maximum Gasteiger partial charge on any atom is 0.323 e. The Hall–Kier alpha value is -0.650. The second-order valence-electron chi connectivity index (χ2n) is 5.77. The van der Waals surface area contributed by atoms with Crippen molar-refractivity contribution in [1.29, 1.82) is 0 Å². The molecular formula is C14H29N3O2. The summed E-state index contributed by atoms with van der Waals surface area (Å²) in [5.41, 5.74) is -0.767. The van der Waals surface area contributed by atoms with Crippen molar-refractivity contribution < 1.29 is 9.90 Å². The van der Waals surface area contributed by atoms with Gasteiger partial charge in [0.25, 0.3) is 0 Å². The molecule has 5 nitrogen and oxygen atoms in total. The molecule has 0 aromatic rings. The van der Waals surface area contributed by atoms with Gasteiger partial charge in [0, 0.05) is 26.2 Å². The molecule has 0 aromatic carbocycles. The highest BCUT2D eigenvalue weighted by atomic mass is 16.4. The standard InChI is InChI=1S/C14H29N3O2/c1-4-15-14(2,13(18)19)7-5-6-8-17-11-9-16(3)10-12-17/h15H,4-12H2,1-3H3,(H,18,19). The molecule has 0 bridgehead atoms. The molecule has 112 valence electrons. The van der Waals surface area contributed by atoms with Gasteiger partial charge >= 0.3 is 5.97 Å². The average Bonchev–Trinajstić information content (AvgIpc) is 2.37. The second-order valence-corrected chi connectivity index (χ2v) is 5.77. The minimum absolute atomic E-state index is 0.696. The van der Waals surface area contributed by atoms with Gasteiger partial charge in [-0.3, -0.25) is 4.79 Å². The van der Waals surface area contributed by atoms with E-state index < -0.39 is 11.5 Å². The van der Waals surface area contributed by atoms with E-state index in [-0.39, 0.29) is 0 Å². The van der Waals surface area contributed by atoms with Crippen LogP contribution in [0, 0.1) is 0 Å². The molecular weight excluding hydrogens is 242 g/mol. The lowest BCUT2D eigenvalue weighted by molar-refractivity contribution is -0.144. The number of hydrogen-bond acceptors (Lipinski definition) is 4. The van der Waals surface area contributed by atoms with Crippen molar-refractivity contribution in [2.45, 2.75) is 38.6 Å². The SMILES string of the molecule is CCNC(C)(CCCCN1CCN(C)CC1)C(=O)O. The summed E-state index contributed by atoms with van der Waals surface area (Å²) in [6.07, 6.45) is 2.74. The van der Waals surface area contributed by atoms with Gasteiger partial charge in [-0.05, 0) is 46.3 Å². The number of piperazine rings is 1. The summed E-state index contributed by atoms with van der Waals surface area (Å²) in [6, 6.07) is 0. The third-order valence-corrected chi connectivity index (χ3v) is 4.04. The minimum atomic E-state index is -0.767. The number of carboxylic acid groups (broad SMARTS) is 1. The van der Waals surface area contributed by atoms with Crippen LogP contribution < -0.4 is 5.32 Å². The first-order chi connectivity index (χ1) is 8.98. The molecule has 0 aliphatic carbocycles. The van der Waals surface area contributed by atoms with Crippen LogP contribution in [0.2, 0.25) is 0 Å². The predicted octanol–water partition coefficient (Wildman–Crippen LogP) is 0.857. The second kappa shape index (κ2) is 7.82. The number of aliphatic carboxylic acids is 1. The van der Waals surface area contributed by atoms with E-state index in [0.29, 0.717) is 13.0 Å². The molecule has 0 aromatic heterocycles. The van der Waals surface area contributed by atoms with Crippen LogP contribution in [0.1, 0.15) is 33.1 Å². The number of carboxylic acids is 1. The van der Waals surface area contributed by atoms with Crippen molar-refractivity contribution in [2.75, 3.05) is 46.3 Å². The molecule has 0 amide bonds. The fourth-order valence-corrected chi connectivity index (χ4v) is 2.55. The highest BCUT2D eigenvalue weighted by Gasteiger charge is 2.31. The summed E-state index contributed by atoms with van der Waals surface area (Å²) in [7, 11) is 2.16. The zero-order valence-corrected chi connectivity index (χ0v) is 12.6. The monoisotopic (exact) mass is 271 g/mol. The minimum Gasteiger partial charge on any atom is -0.480 e. The van der Waals surface area contributed by atoms with Gasteiger partial charge in [0.1, 0.15) is 5.54 Å². The fourth-order valence-electron chi connectivity index (χ4n) is 2.55. The summed E-state index contributed by atoms with van der Waals surface area (Å²) in [4.78, 5) is 16.1. The lowest BCUT2D eigenvalue weighted by atomic mass is 9.95. The molecule has 1 rings (SSSR count). The molecule has 1 atom stereocenters. The van der Waals surface area contributed by atoms with Gasteiger partial charge in [0.05, 0.1) is 0 Å². The molecule has 1 saturated heterocycles. The topological polar surface area (TPSA) is 55.8 Å². The van der Waals surface area contributed by atoms with Gasteiger partial charge in [0.15, 0.2) is 0 Å². The van der Waals surface area contributed by atoms with Gasteiger partial charge in [-0.25, -0.2) is 0 Å². The van der Waals surface area contributed by atoms with E-state index in [4.69, 9.17) is 0 Å². The zero-order valence-electron chi connectivity index (χ0n) is 12.6. The number of unbranched alkanes of at least 4 members (excludes halogenated alkanes) is 1. The van der Waals surface area contributed by atoms with Crippen molar-refractivity contribution in [1.82, 2.24) is 15.1 Å². The Bertz CT molecular complexity index is 278. The molecule has 2 N–H and O–H groups in total. The Morgan fingerprint density at radius 2 is 1.89 bits per heavy atom. The molecule has 0 saturated carbocycles. The van der Waals surface area contributed by atoms with Crippen LogP contribution in [0.3, 0.4) is 0 Å². The van der Waals surface area contributed by atoms with Gasteiger partial charge in [0.2, 0.25) is 0 Å². The third-order valence-electron chi connectivity index (χ3n) is 4.04. The molecule has 1 unspecified atom stereocenters. The fraction of sp³-hybridized carbons (Fsp3) is 0.929. The molecule has 0 radical (unpaired) electrons. The average molecular weight is 271 g/mol. The van der Waals surface area contributed by atoms with Gasteiger partial charge in [-0.15, -0.1) is 0 Å². The molecule has 1 heterocycles. The first-order valence-electron chi connectivity index (χ1n) is 7.37. The highest BCUT2D eigenvalue weighted by Crippen LogP contribution is 2.15. The maximum atomic E-state index is 11.3. The smallest absolute Gasteiger partial charge is 0.323 e. The Balaban J connectivity index is 2.20. The Kier molecular flexibility index (Phi) is 6.75. The van der Waals surface area contributed by atoms with E-state index in [2.05, 4.69) is 22.2 Å². The summed E-state index contributed by atoms with van der Waals surface area (Å²) in [6.45, 7) is 10.1. The van der Waals surface area contributed by atoms with Crippen LogP contribution in [0.5, 0.6) is 0 Å². The van der Waals surface area contributed by atoms with Gasteiger partial charge in [-0.1, -0.05) is 6.92 Å². The molecule has 1 aliphatic rings. The summed E-state index contributed by atoms with van der Waals surface area (Å²) in [5, 5.41) is 12.3. The van der Waals surface area contributed by atoms with E-state index in [0.717, 1.165) is 45.6 Å². The van der Waals surface area contributed by atoms with E-state index in [9.17, 15) is 9.90 Å². The van der Waals surface area contributed by atoms with Crippen LogP contribution in [-0.4, -0.2) is 72.7 Å². The normalized spacial score (nSPS) is 21.2. The van der Waals surface area contributed by atoms with Crippen LogP contribution in [-0.2, 0) is 4.79 Å². The summed E-state index contributed by atoms with van der Waals surface area (Å²) >= 11 is 0. The van der Waals surface area contributed by atoms with Gasteiger partial charge < -0.3 is 20.2 Å². The lowest BCUT2D eigenvalue weighted by Gasteiger charge is -2.32. The quantitative estimate of drug-likeness (QED) is 0.641. The van der Waals surface area contributed by atoms with Crippen LogP contribution >= 0.6 is 0 Å². The third kappa shape index (κ3) is 5.47. The number of hydrogen-bond donors (Lipinski definition) is 2. The molecule has 5 heteroatoms. The predicted molar refractivity (Wildman–Crippen MR) is 77.5 cm³/mol. The number of likely N-dealkylation sites (N-methyl/N-ethyl adjacent to an activating group) is 2. The Morgan fingerprint density at radius 1 is 1.26 bits per heavy atom. The number of rotatable bonds is 8. The largest absolute Gasteiger partial charge is 0.480 e. The molecule has 19 heavy (non-hydrogen) atoms. The van der Waals surface area contributed by atoms with Crippen molar-refractivity contribution in [3.8, 4) is 0 Å². The van der Waals surface area contributed by atoms with Crippen molar-refractivity contribution in [3.05, 3.63) is 0 Å². The van der Waals surface area contributed by atoms with E-state index in [1.807, 2.05) is 6.92 Å². The van der Waals surface area contributed by atoms with Crippen molar-refractivity contribution in [3.63, 3.8) is 0 Å². The summed E-state index contributed by atoms with van der Waals surface area (Å²) in [5.74, 6) is -0.742. The first-order valence-corrected chi connectivity index (χ1v) is 7.37. The Morgan fingerprint density at radius 3 is 2.42 bits per heavy atom. The number of carbonyl (C=O) groups is 1. The van der Waals surface area contributed by atoms with Gasteiger partial charge in [-0.2, -0.15) is 0 Å². The van der Waals surface area contributed by atoms with E-state index in [1.165, 1.54) is 0 Å². The van der Waals surface area contributed by atoms with Crippen LogP contribution in [0.15, 0.2) is 0 Å². The molecule has 1 aliphatic heterocycles. The first kappa shape index (κ1) is 16.4. The maximum absolute atomic E-state index is 11.3. The number of nitrogens with zero attached hydrogens (tertiary/aromatic N) is 2. The lowest BCUT2D eigenvalue weighted by Crippen LogP contribution is -2.49. The summed E-state index contributed by atoms with van der Waals surface area (Å²) < 4.78 is 0. The van der Waals surface area contributed by atoms with Crippen LogP contribution in [0.4, 0.5) is 0 Å². The molecule has 1 fully saturated rings. The number of nitrogens with one attached hydrogen (secondary N) is 1. The molecule has 0 spiro atoms. The Labute approximate surface area is 117 Å². The van der Waals surface area contributed by atoms with E-state index in [1.54, 1.807) is 6.92 Å². The highest BCUT2D eigenvalue weighted by molar-refractivity contribution is 5.78. The van der Waals surface area contributed by atoms with E-state index >= 15 is 0 Å². The van der Waals surface area contributed by atoms with Crippen molar-refractivity contribution in [2.24, 2.45) is 0 Å². The zero-order chi connectivity index (χ0) is 14.3. The van der Waals surface area contributed by atoms with Crippen molar-refractivity contribution >= 4 is 5.97 Å².